The minimum atomic E-state index is -4.10. The number of halogens is 2. The van der Waals surface area contributed by atoms with Crippen molar-refractivity contribution in [1.82, 2.24) is 9.78 Å². The Morgan fingerprint density at radius 1 is 1.24 bits per heavy atom. The molecule has 0 saturated heterocycles. The smallest absolute Gasteiger partial charge is 0.270 e. The van der Waals surface area contributed by atoms with Crippen LogP contribution in [0.4, 0.5) is 15.8 Å². The number of nitrogens with one attached hydrogen (secondary N) is 1. The largest absolute Gasteiger partial charge is 0.276 e. The lowest BCUT2D eigenvalue weighted by molar-refractivity contribution is -0.385. The molecular formula is C18H16ClFN4O4S. The molecule has 29 heavy (non-hydrogen) atoms. The number of hydrogen-bond donors (Lipinski definition) is 1. The number of anilines is 1. The fourth-order valence-electron chi connectivity index (χ4n) is 2.79. The summed E-state index contributed by atoms with van der Waals surface area (Å²) in [5, 5.41) is 15.4. The van der Waals surface area contributed by atoms with E-state index in [1.165, 1.54) is 35.0 Å². The molecule has 3 rings (SSSR count). The Kier molecular flexibility index (Phi) is 5.58. The molecule has 0 aliphatic carbocycles. The Hall–Kier alpha value is -2.98. The first kappa shape index (κ1) is 20.7. The van der Waals surface area contributed by atoms with E-state index in [4.69, 9.17) is 11.6 Å². The van der Waals surface area contributed by atoms with Crippen LogP contribution >= 0.6 is 11.6 Å². The first-order valence-corrected chi connectivity index (χ1v) is 10.2. The molecule has 0 saturated carbocycles. The summed E-state index contributed by atoms with van der Waals surface area (Å²) in [6.07, 6.45) is 0. The van der Waals surface area contributed by atoms with Crippen LogP contribution < -0.4 is 4.72 Å². The Bertz CT molecular complexity index is 1190. The van der Waals surface area contributed by atoms with E-state index >= 15 is 0 Å². The first-order valence-electron chi connectivity index (χ1n) is 8.34. The molecule has 0 aliphatic heterocycles. The minimum Gasteiger partial charge on any atom is -0.276 e. The maximum Gasteiger partial charge on any atom is 0.270 e. The van der Waals surface area contributed by atoms with Crippen molar-refractivity contribution < 1.29 is 17.7 Å². The van der Waals surface area contributed by atoms with Crippen LogP contribution in [0.25, 0.3) is 0 Å². The Morgan fingerprint density at radius 3 is 2.59 bits per heavy atom. The number of rotatable bonds is 6. The van der Waals surface area contributed by atoms with Crippen molar-refractivity contribution in [3.63, 3.8) is 0 Å². The van der Waals surface area contributed by atoms with E-state index in [0.29, 0.717) is 11.4 Å². The lowest BCUT2D eigenvalue weighted by Crippen LogP contribution is -2.14. The third-order valence-electron chi connectivity index (χ3n) is 4.33. The average Bonchev–Trinajstić information content (AvgIpc) is 2.92. The standard InChI is InChI=1S/C18H16ClFN4O4S/c1-11-18(22-29(27,28)14-6-3-5-13(9-14)24(25)26)12(2)23(21-11)10-15-16(19)7-4-8-17(15)20/h3-9,22H,10H2,1-2H3. The molecule has 0 atom stereocenters. The van der Waals surface area contributed by atoms with Crippen molar-refractivity contribution >= 4 is 33.0 Å². The van der Waals surface area contributed by atoms with Crippen molar-refractivity contribution in [1.29, 1.82) is 0 Å². The van der Waals surface area contributed by atoms with Gasteiger partial charge >= 0.3 is 0 Å². The lowest BCUT2D eigenvalue weighted by Gasteiger charge is -2.10. The summed E-state index contributed by atoms with van der Waals surface area (Å²) in [6, 6.07) is 9.03. The fraction of sp³-hybridized carbons (Fsp3) is 0.167. The van der Waals surface area contributed by atoms with Crippen molar-refractivity contribution in [2.75, 3.05) is 4.72 Å². The summed E-state index contributed by atoms with van der Waals surface area (Å²) in [4.78, 5) is 9.98. The van der Waals surface area contributed by atoms with Gasteiger partial charge in [-0.2, -0.15) is 5.10 Å². The zero-order chi connectivity index (χ0) is 21.3. The molecular weight excluding hydrogens is 423 g/mol. The zero-order valence-corrected chi connectivity index (χ0v) is 17.0. The molecule has 3 aromatic rings. The first-order chi connectivity index (χ1) is 13.6. The normalized spacial score (nSPS) is 11.4. The van der Waals surface area contributed by atoms with Gasteiger partial charge in [0.15, 0.2) is 0 Å². The van der Waals surface area contributed by atoms with Crippen LogP contribution in [0.2, 0.25) is 5.02 Å². The second kappa shape index (κ2) is 7.80. The molecule has 152 valence electrons. The summed E-state index contributed by atoms with van der Waals surface area (Å²) >= 11 is 6.06. The number of aromatic nitrogens is 2. The predicted molar refractivity (Wildman–Crippen MR) is 106 cm³/mol. The summed E-state index contributed by atoms with van der Waals surface area (Å²) in [6.45, 7) is 3.23. The quantitative estimate of drug-likeness (QED) is 0.461. The molecule has 1 N–H and O–H groups in total. The van der Waals surface area contributed by atoms with E-state index in [1.807, 2.05) is 0 Å². The highest BCUT2D eigenvalue weighted by Gasteiger charge is 2.22. The van der Waals surface area contributed by atoms with Crippen LogP contribution in [0.1, 0.15) is 17.0 Å². The Morgan fingerprint density at radius 2 is 1.93 bits per heavy atom. The molecule has 1 heterocycles. The van der Waals surface area contributed by atoms with Gasteiger partial charge in [-0.3, -0.25) is 19.5 Å². The van der Waals surface area contributed by atoms with E-state index in [0.717, 1.165) is 6.07 Å². The van der Waals surface area contributed by atoms with Crippen molar-refractivity contribution in [3.8, 4) is 0 Å². The van der Waals surface area contributed by atoms with Gasteiger partial charge in [-0.25, -0.2) is 12.8 Å². The van der Waals surface area contributed by atoms with E-state index < -0.39 is 20.8 Å². The maximum atomic E-state index is 14.1. The number of aryl methyl sites for hydroxylation is 1. The highest BCUT2D eigenvalue weighted by molar-refractivity contribution is 7.92. The van der Waals surface area contributed by atoms with Crippen LogP contribution in [0.5, 0.6) is 0 Å². The summed E-state index contributed by atoms with van der Waals surface area (Å²) in [5.41, 5.74) is 0.905. The number of benzene rings is 2. The summed E-state index contributed by atoms with van der Waals surface area (Å²) < 4.78 is 43.3. The van der Waals surface area contributed by atoms with E-state index in [1.54, 1.807) is 19.9 Å². The van der Waals surface area contributed by atoms with Gasteiger partial charge in [0, 0.05) is 22.7 Å². The van der Waals surface area contributed by atoms with E-state index in [2.05, 4.69) is 9.82 Å². The van der Waals surface area contributed by atoms with Crippen molar-refractivity contribution in [2.45, 2.75) is 25.3 Å². The monoisotopic (exact) mass is 438 g/mol. The molecule has 1 aromatic heterocycles. The van der Waals surface area contributed by atoms with Gasteiger partial charge in [-0.05, 0) is 32.0 Å². The van der Waals surface area contributed by atoms with Gasteiger partial charge in [0.2, 0.25) is 0 Å². The minimum absolute atomic E-state index is 0.0106. The van der Waals surface area contributed by atoms with Gasteiger partial charge in [-0.1, -0.05) is 23.7 Å². The molecule has 0 radical (unpaired) electrons. The lowest BCUT2D eigenvalue weighted by atomic mass is 10.2. The van der Waals surface area contributed by atoms with Gasteiger partial charge in [0.1, 0.15) is 5.82 Å². The van der Waals surface area contributed by atoms with Crippen LogP contribution in [-0.4, -0.2) is 23.1 Å². The molecule has 0 spiro atoms. The molecule has 8 nitrogen and oxygen atoms in total. The number of nitro benzene ring substituents is 1. The third-order valence-corrected chi connectivity index (χ3v) is 6.03. The average molecular weight is 439 g/mol. The summed E-state index contributed by atoms with van der Waals surface area (Å²) in [5.74, 6) is -0.497. The fourth-order valence-corrected chi connectivity index (χ4v) is 4.23. The number of sulfonamides is 1. The van der Waals surface area contributed by atoms with Gasteiger partial charge in [-0.15, -0.1) is 0 Å². The third kappa shape index (κ3) is 4.22. The Labute approximate surface area is 171 Å². The van der Waals surface area contributed by atoms with Gasteiger partial charge in [0.25, 0.3) is 15.7 Å². The van der Waals surface area contributed by atoms with Gasteiger partial charge < -0.3 is 0 Å². The predicted octanol–water partition coefficient (Wildman–Crippen LogP) is 4.05. The van der Waals surface area contributed by atoms with Crippen molar-refractivity contribution in [3.05, 3.63) is 80.4 Å². The molecule has 0 amide bonds. The van der Waals surface area contributed by atoms with Crippen molar-refractivity contribution in [2.24, 2.45) is 0 Å². The SMILES string of the molecule is Cc1nn(Cc2c(F)cccc2Cl)c(C)c1NS(=O)(=O)c1cccc([N+](=O)[O-])c1. The molecule has 0 aliphatic rings. The van der Waals surface area contributed by atoms with Crippen LogP contribution in [0.15, 0.2) is 47.4 Å². The number of hydrogen-bond acceptors (Lipinski definition) is 5. The van der Waals surface area contributed by atoms with E-state index in [9.17, 15) is 22.9 Å². The van der Waals surface area contributed by atoms with Gasteiger partial charge in [0.05, 0.1) is 33.4 Å². The zero-order valence-electron chi connectivity index (χ0n) is 15.4. The molecule has 11 heteroatoms. The van der Waals surface area contributed by atoms with Crippen LogP contribution in [0.3, 0.4) is 0 Å². The highest BCUT2D eigenvalue weighted by atomic mass is 35.5. The number of nitrogens with zero attached hydrogens (tertiary/aromatic N) is 3. The molecule has 0 fully saturated rings. The topological polar surface area (TPSA) is 107 Å². The Balaban J connectivity index is 1.95. The van der Waals surface area contributed by atoms with E-state index in [-0.39, 0.29) is 33.4 Å². The molecule has 2 aromatic carbocycles. The van der Waals surface area contributed by atoms with Crippen LogP contribution in [-0.2, 0) is 16.6 Å². The second-order valence-electron chi connectivity index (χ2n) is 6.26. The molecule has 0 bridgehead atoms. The molecule has 0 unspecified atom stereocenters. The highest BCUT2D eigenvalue weighted by Crippen LogP contribution is 2.27. The number of non-ortho nitro benzene ring substituents is 1. The summed E-state index contributed by atoms with van der Waals surface area (Å²) in [7, 11) is -4.10. The maximum absolute atomic E-state index is 14.1. The second-order valence-corrected chi connectivity index (χ2v) is 8.35. The number of nitro groups is 1. The van der Waals surface area contributed by atoms with Crippen LogP contribution in [0, 0.1) is 29.8 Å².